The molecule has 0 radical (unpaired) electrons. The maximum absolute atomic E-state index is 11.2. The van der Waals surface area contributed by atoms with Crippen LogP contribution in [0.3, 0.4) is 0 Å². The van der Waals surface area contributed by atoms with E-state index in [1.165, 1.54) is 11.3 Å². The van der Waals surface area contributed by atoms with Crippen molar-refractivity contribution in [1.82, 2.24) is 9.78 Å². The number of primary amides is 1. The van der Waals surface area contributed by atoms with E-state index in [9.17, 15) is 4.79 Å². The van der Waals surface area contributed by atoms with E-state index in [0.29, 0.717) is 4.88 Å². The molecule has 4 nitrogen and oxygen atoms in total. The summed E-state index contributed by atoms with van der Waals surface area (Å²) in [4.78, 5) is 11.8. The number of carbonyl (C=O) groups is 1. The Morgan fingerprint density at radius 2 is 2.33 bits per heavy atom. The van der Waals surface area contributed by atoms with Gasteiger partial charge in [-0.05, 0) is 23.9 Å². The molecule has 0 aliphatic heterocycles. The lowest BCUT2D eigenvalue weighted by molar-refractivity contribution is 0.100. The summed E-state index contributed by atoms with van der Waals surface area (Å²) >= 11 is 1.36. The molecule has 2 N–H and O–H groups in total. The van der Waals surface area contributed by atoms with Gasteiger partial charge >= 0.3 is 0 Å². The summed E-state index contributed by atoms with van der Waals surface area (Å²) < 4.78 is 1.75. The molecule has 0 aliphatic carbocycles. The van der Waals surface area contributed by atoms with Crippen molar-refractivity contribution in [1.29, 1.82) is 0 Å². The summed E-state index contributed by atoms with van der Waals surface area (Å²) in [6.07, 6.45) is 1.78. The van der Waals surface area contributed by atoms with Gasteiger partial charge in [0.15, 0.2) is 0 Å². The number of nitrogens with two attached hydrogens (primary N) is 1. The Balaban J connectivity index is 2.64. The quantitative estimate of drug-likeness (QED) is 0.836. The number of thiophene rings is 1. The minimum absolute atomic E-state index is 0.388. The topological polar surface area (TPSA) is 60.9 Å². The molecule has 15 heavy (non-hydrogen) atoms. The van der Waals surface area contributed by atoms with Gasteiger partial charge in [0, 0.05) is 12.6 Å². The lowest BCUT2D eigenvalue weighted by Gasteiger charge is -2.03. The van der Waals surface area contributed by atoms with Crippen molar-refractivity contribution in [2.45, 2.75) is 6.92 Å². The first-order valence-electron chi connectivity index (χ1n) is 4.47. The van der Waals surface area contributed by atoms with E-state index in [-0.39, 0.29) is 5.91 Å². The second kappa shape index (κ2) is 3.51. The third-order valence-corrected chi connectivity index (χ3v) is 3.19. The molecule has 0 saturated carbocycles. The molecule has 0 aliphatic rings. The summed E-state index contributed by atoms with van der Waals surface area (Å²) in [6.45, 7) is 1.96. The van der Waals surface area contributed by atoms with Crippen LogP contribution in [0.4, 0.5) is 0 Å². The lowest BCUT2D eigenvalue weighted by Crippen LogP contribution is -2.10. The number of aromatic nitrogens is 2. The number of aryl methyl sites for hydroxylation is 2. The van der Waals surface area contributed by atoms with Crippen LogP contribution in [0.5, 0.6) is 0 Å². The van der Waals surface area contributed by atoms with Gasteiger partial charge in [-0.1, -0.05) is 0 Å². The number of hydrogen-bond acceptors (Lipinski definition) is 3. The van der Waals surface area contributed by atoms with Gasteiger partial charge in [-0.3, -0.25) is 9.48 Å². The second-order valence-electron chi connectivity index (χ2n) is 3.33. The van der Waals surface area contributed by atoms with E-state index >= 15 is 0 Å². The molecular weight excluding hydrogens is 210 g/mol. The van der Waals surface area contributed by atoms with E-state index < -0.39 is 0 Å². The first-order valence-corrected chi connectivity index (χ1v) is 5.35. The fourth-order valence-electron chi connectivity index (χ4n) is 1.62. The highest BCUT2D eigenvalue weighted by Crippen LogP contribution is 2.29. The van der Waals surface area contributed by atoms with E-state index in [1.54, 1.807) is 10.9 Å². The van der Waals surface area contributed by atoms with Crippen LogP contribution >= 0.6 is 11.3 Å². The van der Waals surface area contributed by atoms with Crippen LogP contribution < -0.4 is 5.73 Å². The van der Waals surface area contributed by atoms with Crippen molar-refractivity contribution in [3.63, 3.8) is 0 Å². The van der Waals surface area contributed by atoms with Crippen molar-refractivity contribution >= 4 is 17.2 Å². The molecule has 0 spiro atoms. The van der Waals surface area contributed by atoms with Crippen molar-refractivity contribution in [3.8, 4) is 11.3 Å². The van der Waals surface area contributed by atoms with Crippen LogP contribution in [0, 0.1) is 6.92 Å². The summed E-state index contributed by atoms with van der Waals surface area (Å²) in [6, 6.07) is 1.90. The molecule has 0 atom stereocenters. The minimum atomic E-state index is -0.388. The predicted octanol–water partition coefficient (Wildman–Crippen LogP) is 1.56. The molecule has 0 unspecified atom stereocenters. The number of rotatable bonds is 2. The molecule has 2 rings (SSSR count). The zero-order valence-electron chi connectivity index (χ0n) is 8.52. The van der Waals surface area contributed by atoms with E-state index in [4.69, 9.17) is 5.73 Å². The minimum Gasteiger partial charge on any atom is -0.365 e. The smallest absolute Gasteiger partial charge is 0.259 e. The number of nitrogens with zero attached hydrogens (tertiary/aromatic N) is 2. The molecule has 0 saturated heterocycles. The largest absolute Gasteiger partial charge is 0.365 e. The Hall–Kier alpha value is -1.62. The van der Waals surface area contributed by atoms with E-state index in [1.807, 2.05) is 25.4 Å². The average molecular weight is 221 g/mol. The zero-order valence-corrected chi connectivity index (χ0v) is 9.34. The molecule has 1 amide bonds. The molecule has 5 heteroatoms. The highest BCUT2D eigenvalue weighted by Gasteiger charge is 2.16. The zero-order chi connectivity index (χ0) is 11.0. The van der Waals surface area contributed by atoms with Crippen LogP contribution in [0.2, 0.25) is 0 Å². The monoisotopic (exact) mass is 221 g/mol. The fourth-order valence-corrected chi connectivity index (χ4v) is 2.37. The average Bonchev–Trinajstić information content (AvgIpc) is 2.73. The van der Waals surface area contributed by atoms with Gasteiger partial charge in [-0.15, -0.1) is 11.3 Å². The Kier molecular flexibility index (Phi) is 2.32. The molecule has 0 aromatic carbocycles. The standard InChI is InChI=1S/C10H11N3OS/c1-6-5-12-13(2)8(6)7-3-4-15-9(7)10(11)14/h3-5H,1-2H3,(H2,11,14). The lowest BCUT2D eigenvalue weighted by atomic mass is 10.1. The summed E-state index contributed by atoms with van der Waals surface area (Å²) in [7, 11) is 1.85. The third kappa shape index (κ3) is 1.55. The van der Waals surface area contributed by atoms with Gasteiger partial charge in [0.2, 0.25) is 0 Å². The van der Waals surface area contributed by atoms with Crippen LogP contribution in [0.15, 0.2) is 17.6 Å². The van der Waals surface area contributed by atoms with Gasteiger partial charge in [-0.25, -0.2) is 0 Å². The molecular formula is C10H11N3OS. The van der Waals surface area contributed by atoms with Gasteiger partial charge in [0.05, 0.1) is 11.9 Å². The van der Waals surface area contributed by atoms with E-state index in [2.05, 4.69) is 5.10 Å². The predicted molar refractivity (Wildman–Crippen MR) is 59.8 cm³/mol. The first kappa shape index (κ1) is 9.92. The molecule has 78 valence electrons. The Bertz CT molecular complexity index is 493. The Morgan fingerprint density at radius 3 is 2.87 bits per heavy atom. The van der Waals surface area contributed by atoms with Gasteiger partial charge in [0.25, 0.3) is 5.91 Å². The third-order valence-electron chi connectivity index (χ3n) is 2.27. The van der Waals surface area contributed by atoms with Crippen molar-refractivity contribution in [2.24, 2.45) is 12.8 Å². The summed E-state index contributed by atoms with van der Waals surface area (Å²) in [5.74, 6) is -0.388. The Morgan fingerprint density at radius 1 is 1.60 bits per heavy atom. The molecule has 2 aromatic rings. The van der Waals surface area contributed by atoms with E-state index in [0.717, 1.165) is 16.8 Å². The molecule has 0 bridgehead atoms. The molecule has 2 aromatic heterocycles. The van der Waals surface area contributed by atoms with Crippen LogP contribution in [-0.2, 0) is 7.05 Å². The van der Waals surface area contributed by atoms with Gasteiger partial charge < -0.3 is 5.73 Å². The Labute approximate surface area is 91.3 Å². The van der Waals surface area contributed by atoms with Crippen LogP contribution in [0.1, 0.15) is 15.2 Å². The van der Waals surface area contributed by atoms with Gasteiger partial charge in [-0.2, -0.15) is 5.10 Å². The first-order chi connectivity index (χ1) is 7.11. The highest BCUT2D eigenvalue weighted by atomic mass is 32.1. The summed E-state index contributed by atoms with van der Waals surface area (Å²) in [5, 5.41) is 6.00. The normalized spacial score (nSPS) is 10.5. The second-order valence-corrected chi connectivity index (χ2v) is 4.24. The number of carbonyl (C=O) groups excluding carboxylic acids is 1. The molecule has 0 fully saturated rings. The molecule has 2 heterocycles. The number of amides is 1. The van der Waals surface area contributed by atoms with Gasteiger partial charge in [0.1, 0.15) is 4.88 Å². The van der Waals surface area contributed by atoms with Crippen molar-refractivity contribution in [3.05, 3.63) is 28.1 Å². The maximum atomic E-state index is 11.2. The SMILES string of the molecule is Cc1cnn(C)c1-c1ccsc1C(N)=O. The fraction of sp³-hybridized carbons (Fsp3) is 0.200. The van der Waals surface area contributed by atoms with Crippen LogP contribution in [0.25, 0.3) is 11.3 Å². The number of hydrogen-bond donors (Lipinski definition) is 1. The van der Waals surface area contributed by atoms with Crippen molar-refractivity contribution < 1.29 is 4.79 Å². The summed E-state index contributed by atoms with van der Waals surface area (Å²) in [5.41, 5.74) is 8.16. The highest BCUT2D eigenvalue weighted by molar-refractivity contribution is 7.12. The maximum Gasteiger partial charge on any atom is 0.259 e. The van der Waals surface area contributed by atoms with Crippen LogP contribution in [-0.4, -0.2) is 15.7 Å². The van der Waals surface area contributed by atoms with Crippen molar-refractivity contribution in [2.75, 3.05) is 0 Å².